The highest BCUT2D eigenvalue weighted by atomic mass is 16.5. The molecular formula is C11H15NO3. The summed E-state index contributed by atoms with van der Waals surface area (Å²) in [5.74, 6) is -0.617. The first-order valence-electron chi connectivity index (χ1n) is 5.19. The summed E-state index contributed by atoms with van der Waals surface area (Å²) in [7, 11) is 1.27. The van der Waals surface area contributed by atoms with Crippen molar-refractivity contribution in [3.8, 4) is 0 Å². The van der Waals surface area contributed by atoms with E-state index in [1.807, 2.05) is 6.07 Å². The zero-order valence-electron chi connectivity index (χ0n) is 8.75. The first-order valence-corrected chi connectivity index (χ1v) is 5.19. The van der Waals surface area contributed by atoms with Crippen molar-refractivity contribution in [1.29, 1.82) is 0 Å². The highest BCUT2D eigenvalue weighted by molar-refractivity contribution is 5.75. The van der Waals surface area contributed by atoms with Crippen molar-refractivity contribution in [3.63, 3.8) is 0 Å². The molecule has 0 saturated heterocycles. The van der Waals surface area contributed by atoms with Crippen LogP contribution < -0.4 is 0 Å². The minimum atomic E-state index is -1.18. The molecule has 4 heteroatoms. The lowest BCUT2D eigenvalue weighted by Gasteiger charge is -2.09. The number of aromatic amines is 1. The quantitative estimate of drug-likeness (QED) is 0.717. The van der Waals surface area contributed by atoms with Gasteiger partial charge in [-0.25, -0.2) is 4.79 Å². The van der Waals surface area contributed by atoms with E-state index in [-0.39, 0.29) is 0 Å². The topological polar surface area (TPSA) is 62.3 Å². The van der Waals surface area contributed by atoms with Gasteiger partial charge >= 0.3 is 5.97 Å². The fraction of sp³-hybridized carbons (Fsp3) is 0.545. The minimum Gasteiger partial charge on any atom is -0.467 e. The molecule has 1 aliphatic carbocycles. The lowest BCUT2D eigenvalue weighted by atomic mass is 9.98. The average Bonchev–Trinajstić information content (AvgIpc) is 2.70. The van der Waals surface area contributed by atoms with E-state index < -0.39 is 12.1 Å². The van der Waals surface area contributed by atoms with Gasteiger partial charge in [0.2, 0.25) is 0 Å². The fourth-order valence-electron chi connectivity index (χ4n) is 2.01. The van der Waals surface area contributed by atoms with Gasteiger partial charge in [-0.15, -0.1) is 0 Å². The summed E-state index contributed by atoms with van der Waals surface area (Å²) in [6.45, 7) is 0. The number of aromatic nitrogens is 1. The molecule has 4 nitrogen and oxygen atoms in total. The summed E-state index contributed by atoms with van der Waals surface area (Å²) in [6, 6.07) is 1.87. The molecule has 1 aromatic heterocycles. The molecule has 0 aromatic carbocycles. The second-order valence-electron chi connectivity index (χ2n) is 3.86. The van der Waals surface area contributed by atoms with Gasteiger partial charge in [0.05, 0.1) is 12.8 Å². The molecule has 1 atom stereocenters. The van der Waals surface area contributed by atoms with Crippen molar-refractivity contribution in [3.05, 3.63) is 23.0 Å². The number of rotatable bonds is 2. The van der Waals surface area contributed by atoms with Gasteiger partial charge in [-0.3, -0.25) is 0 Å². The number of H-pyrrole nitrogens is 1. The number of esters is 1. The number of ether oxygens (including phenoxy) is 1. The van der Waals surface area contributed by atoms with Crippen LogP contribution in [-0.2, 0) is 22.4 Å². The second kappa shape index (κ2) is 4.06. The van der Waals surface area contributed by atoms with Crippen LogP contribution in [-0.4, -0.2) is 23.2 Å². The molecular weight excluding hydrogens is 194 g/mol. The normalized spacial score (nSPS) is 16.9. The number of aliphatic hydroxyl groups excluding tert-OH is 1. The van der Waals surface area contributed by atoms with E-state index >= 15 is 0 Å². The summed E-state index contributed by atoms with van der Waals surface area (Å²) in [5, 5.41) is 9.63. The van der Waals surface area contributed by atoms with Gasteiger partial charge in [0.15, 0.2) is 6.10 Å². The predicted molar refractivity (Wildman–Crippen MR) is 54.4 cm³/mol. The molecule has 0 bridgehead atoms. The van der Waals surface area contributed by atoms with Gasteiger partial charge in [-0.2, -0.15) is 0 Å². The minimum absolute atomic E-state index is 0.550. The van der Waals surface area contributed by atoms with E-state index in [2.05, 4.69) is 9.72 Å². The zero-order chi connectivity index (χ0) is 10.8. The van der Waals surface area contributed by atoms with Crippen LogP contribution in [0.4, 0.5) is 0 Å². The SMILES string of the molecule is COC(=O)C(O)c1cc2c([nH]1)CCCC2. The Morgan fingerprint density at radius 1 is 1.53 bits per heavy atom. The van der Waals surface area contributed by atoms with E-state index in [0.717, 1.165) is 18.5 Å². The molecule has 1 heterocycles. The molecule has 0 aliphatic heterocycles. The first-order chi connectivity index (χ1) is 7.22. The van der Waals surface area contributed by atoms with Crippen LogP contribution in [0.3, 0.4) is 0 Å². The Morgan fingerprint density at radius 3 is 2.93 bits per heavy atom. The van der Waals surface area contributed by atoms with Crippen molar-refractivity contribution >= 4 is 5.97 Å². The van der Waals surface area contributed by atoms with Crippen LogP contribution >= 0.6 is 0 Å². The standard InChI is InChI=1S/C11H15NO3/c1-15-11(14)10(13)9-6-7-4-2-3-5-8(7)12-9/h6,10,12-13H,2-5H2,1H3. The molecule has 0 amide bonds. The summed E-state index contributed by atoms with van der Waals surface area (Å²) in [4.78, 5) is 14.2. The Hall–Kier alpha value is -1.29. The Balaban J connectivity index is 2.22. The molecule has 82 valence electrons. The van der Waals surface area contributed by atoms with Crippen molar-refractivity contribution < 1.29 is 14.6 Å². The smallest absolute Gasteiger partial charge is 0.340 e. The number of carbonyl (C=O) groups excluding carboxylic acids is 1. The number of hydrogen-bond donors (Lipinski definition) is 2. The van der Waals surface area contributed by atoms with Crippen molar-refractivity contribution in [2.45, 2.75) is 31.8 Å². The highest BCUT2D eigenvalue weighted by Gasteiger charge is 2.22. The fourth-order valence-corrected chi connectivity index (χ4v) is 2.01. The molecule has 0 spiro atoms. The highest BCUT2D eigenvalue weighted by Crippen LogP contribution is 2.24. The van der Waals surface area contributed by atoms with Crippen LogP contribution in [0.15, 0.2) is 6.07 Å². The molecule has 0 fully saturated rings. The van der Waals surface area contributed by atoms with E-state index in [1.165, 1.54) is 25.5 Å². The Bertz CT molecular complexity index is 346. The van der Waals surface area contributed by atoms with Crippen molar-refractivity contribution in [2.24, 2.45) is 0 Å². The zero-order valence-corrected chi connectivity index (χ0v) is 8.75. The summed E-state index contributed by atoms with van der Waals surface area (Å²) in [5.41, 5.74) is 2.92. The maximum atomic E-state index is 11.1. The lowest BCUT2D eigenvalue weighted by Crippen LogP contribution is -2.13. The van der Waals surface area contributed by atoms with Crippen LogP contribution in [0, 0.1) is 0 Å². The number of aryl methyl sites for hydroxylation is 2. The third-order valence-corrected chi connectivity index (χ3v) is 2.85. The number of aliphatic hydroxyl groups is 1. The van der Waals surface area contributed by atoms with Gasteiger partial charge in [-0.1, -0.05) is 0 Å². The molecule has 1 unspecified atom stereocenters. The van der Waals surface area contributed by atoms with Gasteiger partial charge < -0.3 is 14.8 Å². The van der Waals surface area contributed by atoms with Gasteiger partial charge in [0.25, 0.3) is 0 Å². The number of fused-ring (bicyclic) bond motifs is 1. The summed E-state index contributed by atoms with van der Waals surface area (Å²) < 4.78 is 4.49. The molecule has 0 radical (unpaired) electrons. The first kappa shape index (κ1) is 10.2. The number of methoxy groups -OCH3 is 1. The van der Waals surface area contributed by atoms with Crippen molar-refractivity contribution in [1.82, 2.24) is 4.98 Å². The number of hydrogen-bond acceptors (Lipinski definition) is 3. The summed E-state index contributed by atoms with van der Waals surface area (Å²) in [6.07, 6.45) is 3.20. The molecule has 1 aliphatic rings. The number of nitrogens with one attached hydrogen (secondary N) is 1. The molecule has 0 saturated carbocycles. The van der Waals surface area contributed by atoms with Gasteiger partial charge in [0.1, 0.15) is 0 Å². The van der Waals surface area contributed by atoms with E-state index in [0.29, 0.717) is 5.69 Å². The molecule has 2 rings (SSSR count). The predicted octanol–water partition coefficient (Wildman–Crippen LogP) is 1.10. The molecule has 1 aromatic rings. The lowest BCUT2D eigenvalue weighted by molar-refractivity contribution is -0.150. The Labute approximate surface area is 88.3 Å². The monoisotopic (exact) mass is 209 g/mol. The van der Waals surface area contributed by atoms with E-state index in [1.54, 1.807) is 0 Å². The second-order valence-corrected chi connectivity index (χ2v) is 3.86. The van der Waals surface area contributed by atoms with Crippen LogP contribution in [0.1, 0.15) is 35.9 Å². The molecule has 15 heavy (non-hydrogen) atoms. The van der Waals surface area contributed by atoms with E-state index in [4.69, 9.17) is 0 Å². The van der Waals surface area contributed by atoms with E-state index in [9.17, 15) is 9.90 Å². The summed E-state index contributed by atoms with van der Waals surface area (Å²) >= 11 is 0. The van der Waals surface area contributed by atoms with Crippen LogP contribution in [0.25, 0.3) is 0 Å². The third-order valence-electron chi connectivity index (χ3n) is 2.85. The van der Waals surface area contributed by atoms with Crippen LogP contribution in [0.5, 0.6) is 0 Å². The van der Waals surface area contributed by atoms with Gasteiger partial charge in [-0.05, 0) is 37.3 Å². The van der Waals surface area contributed by atoms with Crippen LogP contribution in [0.2, 0.25) is 0 Å². The number of carbonyl (C=O) groups is 1. The van der Waals surface area contributed by atoms with Gasteiger partial charge in [0, 0.05) is 5.69 Å². The molecule has 2 N–H and O–H groups in total. The maximum Gasteiger partial charge on any atom is 0.340 e. The maximum absolute atomic E-state index is 11.1. The third kappa shape index (κ3) is 1.90. The average molecular weight is 209 g/mol. The largest absolute Gasteiger partial charge is 0.467 e. The van der Waals surface area contributed by atoms with Crippen molar-refractivity contribution in [2.75, 3.05) is 7.11 Å². The Morgan fingerprint density at radius 2 is 2.27 bits per heavy atom. The Kier molecular flexibility index (Phi) is 2.77.